The molecule has 6 rings (SSSR count). The number of fused-ring (bicyclic) bond motifs is 1. The summed E-state index contributed by atoms with van der Waals surface area (Å²) in [5.74, 6) is 2.95. The summed E-state index contributed by atoms with van der Waals surface area (Å²) in [6.07, 6.45) is 9.70. The van der Waals surface area contributed by atoms with Crippen LogP contribution in [0.25, 0.3) is 11.1 Å². The predicted octanol–water partition coefficient (Wildman–Crippen LogP) is 4.12. The fourth-order valence-electron chi connectivity index (χ4n) is 6.45. The van der Waals surface area contributed by atoms with Crippen LogP contribution in [-0.2, 0) is 4.74 Å². The molecule has 0 spiro atoms. The summed E-state index contributed by atoms with van der Waals surface area (Å²) in [6.45, 7) is 4.75. The first-order valence-electron chi connectivity index (χ1n) is 10.6. The van der Waals surface area contributed by atoms with Crippen molar-refractivity contribution < 1.29 is 14.1 Å². The molecule has 2 heterocycles. The molecule has 0 saturated heterocycles. The molecule has 0 unspecified atom stereocenters. The molecule has 4 aliphatic rings. The van der Waals surface area contributed by atoms with Crippen LogP contribution in [0, 0.1) is 30.1 Å². The van der Waals surface area contributed by atoms with E-state index in [2.05, 4.69) is 20.4 Å². The van der Waals surface area contributed by atoms with Gasteiger partial charge in [-0.2, -0.15) is 4.98 Å². The molecule has 7 nitrogen and oxygen atoms in total. The zero-order valence-corrected chi connectivity index (χ0v) is 16.7. The van der Waals surface area contributed by atoms with Crippen LogP contribution in [0.3, 0.4) is 0 Å². The Kier molecular flexibility index (Phi) is 4.29. The van der Waals surface area contributed by atoms with Crippen LogP contribution >= 0.6 is 0 Å². The first-order chi connectivity index (χ1) is 13.5. The number of carbonyl (C=O) groups excluding carboxylic acids is 1. The molecule has 0 aromatic carbocycles. The number of rotatable bonds is 6. The van der Waals surface area contributed by atoms with Gasteiger partial charge in [-0.3, -0.25) is 0 Å². The molecule has 150 valence electrons. The van der Waals surface area contributed by atoms with E-state index in [0.29, 0.717) is 16.9 Å². The van der Waals surface area contributed by atoms with Gasteiger partial charge in [-0.15, -0.1) is 0 Å². The lowest BCUT2D eigenvalue weighted by molar-refractivity contribution is -0.0552. The van der Waals surface area contributed by atoms with Crippen LogP contribution in [0.15, 0.2) is 4.52 Å². The van der Waals surface area contributed by atoms with Gasteiger partial charge in [0.2, 0.25) is 5.82 Å². The Morgan fingerprint density at radius 3 is 2.50 bits per heavy atom. The Morgan fingerprint density at radius 1 is 1.18 bits per heavy atom. The second-order valence-corrected chi connectivity index (χ2v) is 9.16. The van der Waals surface area contributed by atoms with Crippen LogP contribution in [-0.4, -0.2) is 34.2 Å². The summed E-state index contributed by atoms with van der Waals surface area (Å²) >= 11 is 0. The van der Waals surface area contributed by atoms with Gasteiger partial charge in [-0.05, 0) is 82.0 Å². The molecule has 1 N–H and O–H groups in total. The molecule has 0 radical (unpaired) electrons. The van der Waals surface area contributed by atoms with Gasteiger partial charge in [0.05, 0.1) is 12.3 Å². The Bertz CT molecular complexity index is 871. The second kappa shape index (κ2) is 6.71. The number of aromatic nitrogens is 3. The van der Waals surface area contributed by atoms with Gasteiger partial charge < -0.3 is 14.6 Å². The van der Waals surface area contributed by atoms with E-state index in [4.69, 9.17) is 9.26 Å². The molecule has 4 aliphatic carbocycles. The van der Waals surface area contributed by atoms with Crippen molar-refractivity contribution in [2.45, 2.75) is 58.8 Å². The first-order valence-corrected chi connectivity index (χ1v) is 10.6. The van der Waals surface area contributed by atoms with Crippen molar-refractivity contribution in [2.24, 2.45) is 23.2 Å². The van der Waals surface area contributed by atoms with Crippen molar-refractivity contribution in [3.05, 3.63) is 11.5 Å². The molecule has 2 aromatic rings. The number of esters is 1. The Labute approximate surface area is 164 Å². The van der Waals surface area contributed by atoms with Gasteiger partial charge in [0.25, 0.3) is 5.71 Å². The Morgan fingerprint density at radius 2 is 1.86 bits per heavy atom. The average Bonchev–Trinajstić information content (AvgIpc) is 3.02. The topological polar surface area (TPSA) is 90.1 Å². The number of anilines is 1. The lowest BCUT2D eigenvalue weighted by Gasteiger charge is -2.57. The fourth-order valence-corrected chi connectivity index (χ4v) is 6.45. The number of ether oxygens (including phenoxy) is 1. The van der Waals surface area contributed by atoms with E-state index in [0.717, 1.165) is 41.8 Å². The van der Waals surface area contributed by atoms with Crippen LogP contribution in [0.4, 0.5) is 5.82 Å². The molecule has 28 heavy (non-hydrogen) atoms. The van der Waals surface area contributed by atoms with E-state index in [1.807, 2.05) is 6.92 Å². The lowest BCUT2D eigenvalue weighted by atomic mass is 9.49. The number of hydrogen-bond acceptors (Lipinski definition) is 7. The summed E-state index contributed by atoms with van der Waals surface area (Å²) in [5, 5.41) is 8.21. The van der Waals surface area contributed by atoms with Gasteiger partial charge in [0.15, 0.2) is 0 Å². The van der Waals surface area contributed by atoms with Crippen LogP contribution in [0.1, 0.15) is 68.2 Å². The first kappa shape index (κ1) is 17.9. The predicted molar refractivity (Wildman–Crippen MR) is 104 cm³/mol. The van der Waals surface area contributed by atoms with Crippen molar-refractivity contribution in [1.29, 1.82) is 0 Å². The highest BCUT2D eigenvalue weighted by molar-refractivity contribution is 5.93. The van der Waals surface area contributed by atoms with Gasteiger partial charge in [-0.1, -0.05) is 5.16 Å². The zero-order valence-electron chi connectivity index (χ0n) is 16.7. The third kappa shape index (κ3) is 3.05. The van der Waals surface area contributed by atoms with Crippen molar-refractivity contribution >= 4 is 22.9 Å². The van der Waals surface area contributed by atoms with E-state index in [-0.39, 0.29) is 12.4 Å². The van der Waals surface area contributed by atoms with Crippen LogP contribution < -0.4 is 5.32 Å². The number of aryl methyl sites for hydroxylation is 1. The number of nitrogens with zero attached hydrogens (tertiary/aromatic N) is 3. The number of hydrogen-bond donors (Lipinski definition) is 1. The number of nitrogens with one attached hydrogen (secondary N) is 1. The highest BCUT2D eigenvalue weighted by Crippen LogP contribution is 2.61. The summed E-state index contributed by atoms with van der Waals surface area (Å²) in [4.78, 5) is 20.7. The molecule has 0 amide bonds. The molecule has 4 bridgehead atoms. The highest BCUT2D eigenvalue weighted by Gasteiger charge is 2.50. The highest BCUT2D eigenvalue weighted by atomic mass is 16.5. The SMILES string of the molecule is CCOC(=O)c1nc(NCCC23CC4CC(CC(C4)C2)C3)c2c(C)noc2n1. The third-order valence-corrected chi connectivity index (χ3v) is 7.08. The quantitative estimate of drug-likeness (QED) is 0.749. The minimum Gasteiger partial charge on any atom is -0.460 e. The summed E-state index contributed by atoms with van der Waals surface area (Å²) in [7, 11) is 0. The molecule has 0 atom stereocenters. The maximum absolute atomic E-state index is 12.1. The van der Waals surface area contributed by atoms with Crippen molar-refractivity contribution in [3.8, 4) is 0 Å². The van der Waals surface area contributed by atoms with E-state index >= 15 is 0 Å². The monoisotopic (exact) mass is 384 g/mol. The third-order valence-electron chi connectivity index (χ3n) is 7.08. The molecule has 4 saturated carbocycles. The molecule has 4 fully saturated rings. The van der Waals surface area contributed by atoms with Gasteiger partial charge in [0.1, 0.15) is 11.2 Å². The molecule has 0 aliphatic heterocycles. The molecular weight excluding hydrogens is 356 g/mol. The maximum atomic E-state index is 12.1. The van der Waals surface area contributed by atoms with Gasteiger partial charge >= 0.3 is 5.97 Å². The Hall–Kier alpha value is -2.18. The maximum Gasteiger partial charge on any atom is 0.376 e. The normalized spacial score (nSPS) is 30.7. The standard InChI is InChI=1S/C21H28N4O3/c1-3-27-20(26)18-23-17(16-12(2)25-28-19(16)24-18)22-5-4-21-9-13-6-14(10-21)8-15(7-13)11-21/h13-15H,3-11H2,1-2H3,(H,22,23,24). The lowest BCUT2D eigenvalue weighted by Crippen LogP contribution is -2.46. The van der Waals surface area contributed by atoms with Gasteiger partial charge in [0, 0.05) is 6.54 Å². The smallest absolute Gasteiger partial charge is 0.376 e. The summed E-state index contributed by atoms with van der Waals surface area (Å²) in [6, 6.07) is 0. The molecule has 7 heteroatoms. The van der Waals surface area contributed by atoms with E-state index in [9.17, 15) is 4.79 Å². The van der Waals surface area contributed by atoms with Crippen molar-refractivity contribution in [1.82, 2.24) is 15.1 Å². The zero-order chi connectivity index (χ0) is 19.3. The molecular formula is C21H28N4O3. The number of carbonyl (C=O) groups is 1. The van der Waals surface area contributed by atoms with Crippen LogP contribution in [0.5, 0.6) is 0 Å². The summed E-state index contributed by atoms with van der Waals surface area (Å²) in [5.41, 5.74) is 1.55. The summed E-state index contributed by atoms with van der Waals surface area (Å²) < 4.78 is 10.3. The van der Waals surface area contributed by atoms with Crippen LogP contribution in [0.2, 0.25) is 0 Å². The van der Waals surface area contributed by atoms with Crippen molar-refractivity contribution in [3.63, 3.8) is 0 Å². The fraction of sp³-hybridized carbons (Fsp3) is 0.714. The minimum absolute atomic E-state index is 0.0165. The Balaban J connectivity index is 1.35. The second-order valence-electron chi connectivity index (χ2n) is 9.16. The van der Waals surface area contributed by atoms with Gasteiger partial charge in [-0.25, -0.2) is 9.78 Å². The van der Waals surface area contributed by atoms with E-state index < -0.39 is 5.97 Å². The largest absolute Gasteiger partial charge is 0.460 e. The van der Waals surface area contributed by atoms with E-state index in [1.54, 1.807) is 6.92 Å². The average molecular weight is 384 g/mol. The van der Waals surface area contributed by atoms with Crippen molar-refractivity contribution in [2.75, 3.05) is 18.5 Å². The minimum atomic E-state index is -0.539. The van der Waals surface area contributed by atoms with E-state index in [1.165, 1.54) is 38.5 Å². The molecule has 2 aromatic heterocycles.